The molecular formula is C17H28ClN3O3S. The number of halogens is 1. The third kappa shape index (κ3) is 7.22. The highest BCUT2D eigenvalue weighted by Gasteiger charge is 2.22. The van der Waals surface area contributed by atoms with Crippen LogP contribution < -0.4 is 15.4 Å². The van der Waals surface area contributed by atoms with Crippen molar-refractivity contribution in [1.82, 2.24) is 5.32 Å². The lowest BCUT2D eigenvalue weighted by molar-refractivity contribution is -0.117. The van der Waals surface area contributed by atoms with Crippen molar-refractivity contribution in [3.63, 3.8) is 0 Å². The first-order valence-electron chi connectivity index (χ1n) is 8.33. The van der Waals surface area contributed by atoms with E-state index in [1.165, 1.54) is 0 Å². The molecule has 1 amide bonds. The molecule has 142 valence electrons. The molecule has 25 heavy (non-hydrogen) atoms. The highest BCUT2D eigenvalue weighted by atomic mass is 35.5. The number of hydrogen-bond acceptors (Lipinski definition) is 4. The molecule has 0 radical (unpaired) electrons. The molecule has 1 aromatic carbocycles. The zero-order valence-corrected chi connectivity index (χ0v) is 16.6. The van der Waals surface area contributed by atoms with Crippen molar-refractivity contribution >= 4 is 39.7 Å². The molecule has 1 atom stereocenters. The highest BCUT2D eigenvalue weighted by molar-refractivity contribution is 7.92. The SMILES string of the molecule is Cc1ccc(NS(C)(=O)=O)c(NC(=O)CC(C)C2CCNCC2)c1.Cl. The number of benzene rings is 1. The monoisotopic (exact) mass is 389 g/mol. The van der Waals surface area contributed by atoms with E-state index in [1.807, 2.05) is 6.92 Å². The van der Waals surface area contributed by atoms with E-state index < -0.39 is 10.0 Å². The van der Waals surface area contributed by atoms with Crippen molar-refractivity contribution in [2.75, 3.05) is 29.4 Å². The summed E-state index contributed by atoms with van der Waals surface area (Å²) in [5.41, 5.74) is 1.85. The van der Waals surface area contributed by atoms with Crippen LogP contribution in [0.15, 0.2) is 18.2 Å². The number of hydrogen-bond donors (Lipinski definition) is 3. The van der Waals surface area contributed by atoms with Gasteiger partial charge in [0.05, 0.1) is 17.6 Å². The van der Waals surface area contributed by atoms with Gasteiger partial charge in [-0.15, -0.1) is 12.4 Å². The molecule has 6 nitrogen and oxygen atoms in total. The summed E-state index contributed by atoms with van der Waals surface area (Å²) < 4.78 is 25.4. The van der Waals surface area contributed by atoms with E-state index in [4.69, 9.17) is 0 Å². The number of nitrogens with one attached hydrogen (secondary N) is 3. The van der Waals surface area contributed by atoms with E-state index in [1.54, 1.807) is 18.2 Å². The molecule has 1 aliphatic heterocycles. The van der Waals surface area contributed by atoms with Crippen molar-refractivity contribution in [1.29, 1.82) is 0 Å². The first kappa shape index (κ1) is 21.7. The van der Waals surface area contributed by atoms with Crippen LogP contribution in [0.1, 0.15) is 31.7 Å². The smallest absolute Gasteiger partial charge is 0.229 e. The Kier molecular flexibility index (Phi) is 8.18. The van der Waals surface area contributed by atoms with Crippen molar-refractivity contribution in [3.05, 3.63) is 23.8 Å². The molecule has 8 heteroatoms. The van der Waals surface area contributed by atoms with Crippen LogP contribution >= 0.6 is 12.4 Å². The number of amides is 1. The number of aryl methyl sites for hydroxylation is 1. The molecule has 1 saturated heterocycles. The fourth-order valence-corrected chi connectivity index (χ4v) is 3.70. The molecule has 1 aromatic rings. The maximum atomic E-state index is 12.4. The van der Waals surface area contributed by atoms with Crippen LogP contribution in [0.2, 0.25) is 0 Å². The Balaban J connectivity index is 0.00000312. The van der Waals surface area contributed by atoms with E-state index in [0.29, 0.717) is 29.6 Å². The van der Waals surface area contributed by atoms with E-state index in [2.05, 4.69) is 22.3 Å². The molecule has 0 bridgehead atoms. The van der Waals surface area contributed by atoms with Crippen molar-refractivity contribution < 1.29 is 13.2 Å². The first-order chi connectivity index (χ1) is 11.2. The normalized spacial score (nSPS) is 16.6. The lowest BCUT2D eigenvalue weighted by Gasteiger charge is -2.28. The largest absolute Gasteiger partial charge is 0.324 e. The van der Waals surface area contributed by atoms with Gasteiger partial charge in [0.15, 0.2) is 0 Å². The predicted octanol–water partition coefficient (Wildman–Crippen LogP) is 2.75. The van der Waals surface area contributed by atoms with E-state index in [0.717, 1.165) is 37.8 Å². The number of anilines is 2. The minimum atomic E-state index is -3.40. The number of rotatable bonds is 6. The van der Waals surface area contributed by atoms with Gasteiger partial charge in [0, 0.05) is 6.42 Å². The molecule has 3 N–H and O–H groups in total. The Morgan fingerprint density at radius 2 is 1.92 bits per heavy atom. The van der Waals surface area contributed by atoms with Gasteiger partial charge in [0.2, 0.25) is 15.9 Å². The van der Waals surface area contributed by atoms with Crippen LogP contribution in [0.5, 0.6) is 0 Å². The lowest BCUT2D eigenvalue weighted by atomic mass is 9.84. The minimum absolute atomic E-state index is 0. The Morgan fingerprint density at radius 1 is 1.28 bits per heavy atom. The van der Waals surface area contributed by atoms with Gasteiger partial charge in [-0.1, -0.05) is 13.0 Å². The summed E-state index contributed by atoms with van der Waals surface area (Å²) in [6, 6.07) is 5.25. The van der Waals surface area contributed by atoms with Gasteiger partial charge in [0.1, 0.15) is 0 Å². The topological polar surface area (TPSA) is 87.3 Å². The summed E-state index contributed by atoms with van der Waals surface area (Å²) >= 11 is 0. The molecular weight excluding hydrogens is 362 g/mol. The van der Waals surface area contributed by atoms with Crippen LogP contribution in [0.3, 0.4) is 0 Å². The maximum absolute atomic E-state index is 12.4. The molecule has 0 spiro atoms. The molecule has 0 aromatic heterocycles. The molecule has 0 aliphatic carbocycles. The fraction of sp³-hybridized carbons (Fsp3) is 0.588. The molecule has 1 unspecified atom stereocenters. The van der Waals surface area contributed by atoms with Crippen LogP contribution in [-0.2, 0) is 14.8 Å². The van der Waals surface area contributed by atoms with E-state index in [9.17, 15) is 13.2 Å². The zero-order valence-electron chi connectivity index (χ0n) is 15.0. The van der Waals surface area contributed by atoms with Crippen molar-refractivity contribution in [3.8, 4) is 0 Å². The standard InChI is InChI=1S/C17H27N3O3S.ClH/c1-12-4-5-15(20-24(3,22)23)16(10-12)19-17(21)11-13(2)14-6-8-18-9-7-14;/h4-5,10,13-14,18,20H,6-9,11H2,1-3H3,(H,19,21);1H. The summed E-state index contributed by atoms with van der Waals surface area (Å²) in [5.74, 6) is 0.787. The third-order valence-corrected chi connectivity index (χ3v) is 5.03. The van der Waals surface area contributed by atoms with Gasteiger partial charge in [-0.05, 0) is 62.4 Å². The number of piperidine rings is 1. The molecule has 1 heterocycles. The number of carbonyl (C=O) groups is 1. The molecule has 0 saturated carbocycles. The second kappa shape index (κ2) is 9.40. The quantitative estimate of drug-likeness (QED) is 0.698. The van der Waals surface area contributed by atoms with E-state index in [-0.39, 0.29) is 18.3 Å². The van der Waals surface area contributed by atoms with Crippen LogP contribution in [0.4, 0.5) is 11.4 Å². The molecule has 2 rings (SSSR count). The summed E-state index contributed by atoms with van der Waals surface area (Å²) in [6.07, 6.45) is 3.73. The van der Waals surface area contributed by atoms with Gasteiger partial charge in [0.25, 0.3) is 0 Å². The summed E-state index contributed by atoms with van der Waals surface area (Å²) in [5, 5.41) is 6.19. The Bertz CT molecular complexity index is 688. The second-order valence-electron chi connectivity index (χ2n) is 6.74. The molecule has 1 aliphatic rings. The Hall–Kier alpha value is -1.31. The average molecular weight is 390 g/mol. The fourth-order valence-electron chi connectivity index (χ4n) is 3.12. The summed E-state index contributed by atoms with van der Waals surface area (Å²) in [4.78, 5) is 12.4. The zero-order chi connectivity index (χ0) is 17.7. The third-order valence-electron chi connectivity index (χ3n) is 4.44. The van der Waals surface area contributed by atoms with Gasteiger partial charge < -0.3 is 10.6 Å². The first-order valence-corrected chi connectivity index (χ1v) is 10.2. The van der Waals surface area contributed by atoms with Crippen molar-refractivity contribution in [2.45, 2.75) is 33.1 Å². The molecule has 1 fully saturated rings. The van der Waals surface area contributed by atoms with Crippen LogP contribution in [0.25, 0.3) is 0 Å². The van der Waals surface area contributed by atoms with Gasteiger partial charge in [-0.25, -0.2) is 8.42 Å². The van der Waals surface area contributed by atoms with Gasteiger partial charge in [-0.3, -0.25) is 9.52 Å². The summed E-state index contributed by atoms with van der Waals surface area (Å²) in [7, 11) is -3.40. The van der Waals surface area contributed by atoms with E-state index >= 15 is 0 Å². The lowest BCUT2D eigenvalue weighted by Crippen LogP contribution is -2.32. The minimum Gasteiger partial charge on any atom is -0.324 e. The maximum Gasteiger partial charge on any atom is 0.229 e. The second-order valence-corrected chi connectivity index (χ2v) is 8.49. The number of sulfonamides is 1. The predicted molar refractivity (Wildman–Crippen MR) is 105 cm³/mol. The Morgan fingerprint density at radius 3 is 2.52 bits per heavy atom. The van der Waals surface area contributed by atoms with Gasteiger partial charge in [-0.2, -0.15) is 0 Å². The van der Waals surface area contributed by atoms with Gasteiger partial charge >= 0.3 is 0 Å². The summed E-state index contributed by atoms with van der Waals surface area (Å²) in [6.45, 7) is 6.03. The Labute approximate surface area is 156 Å². The average Bonchev–Trinajstić information content (AvgIpc) is 2.49. The van der Waals surface area contributed by atoms with Crippen LogP contribution in [0, 0.1) is 18.8 Å². The highest BCUT2D eigenvalue weighted by Crippen LogP contribution is 2.27. The number of carbonyl (C=O) groups excluding carboxylic acids is 1. The van der Waals surface area contributed by atoms with Crippen LogP contribution in [-0.4, -0.2) is 33.7 Å². The van der Waals surface area contributed by atoms with Crippen molar-refractivity contribution in [2.24, 2.45) is 11.8 Å².